The smallest absolute Gasteiger partial charge is 0.319 e. The summed E-state index contributed by atoms with van der Waals surface area (Å²) in [7, 11) is 1.61. The number of methoxy groups -OCH3 is 1. The van der Waals surface area contributed by atoms with E-state index in [0.717, 1.165) is 37.1 Å². The van der Waals surface area contributed by atoms with E-state index in [9.17, 15) is 9.59 Å². The number of para-hydroxylation sites is 1. The van der Waals surface area contributed by atoms with Crippen LogP contribution in [0, 0.1) is 5.41 Å². The average Bonchev–Trinajstić information content (AvgIpc) is 2.65. The number of primary amides is 1. The van der Waals surface area contributed by atoms with E-state index in [-0.39, 0.29) is 23.6 Å². The van der Waals surface area contributed by atoms with Gasteiger partial charge in [-0.25, -0.2) is 4.79 Å². The number of benzene rings is 2. The van der Waals surface area contributed by atoms with E-state index in [2.05, 4.69) is 10.6 Å². The van der Waals surface area contributed by atoms with Crippen molar-refractivity contribution < 1.29 is 19.1 Å². The highest BCUT2D eigenvalue weighted by atomic mass is 16.5. The SMILES string of the molecule is COc1ccc(NC(=O)NC2CC3(C2)CC(Oc2ccccc2C(N)=O)C3)cc1. The average molecular weight is 395 g/mol. The molecule has 3 amide bonds. The highest BCUT2D eigenvalue weighted by Gasteiger charge is 2.54. The fourth-order valence-electron chi connectivity index (χ4n) is 4.39. The van der Waals surface area contributed by atoms with E-state index < -0.39 is 5.91 Å². The Labute approximate surface area is 169 Å². The topological polar surface area (TPSA) is 103 Å². The van der Waals surface area contributed by atoms with Crippen molar-refractivity contribution in [2.45, 2.75) is 37.8 Å². The van der Waals surface area contributed by atoms with Gasteiger partial charge < -0.3 is 25.8 Å². The van der Waals surface area contributed by atoms with Crippen LogP contribution in [0.25, 0.3) is 0 Å². The highest BCUT2D eigenvalue weighted by molar-refractivity contribution is 5.95. The van der Waals surface area contributed by atoms with Gasteiger partial charge in [-0.05, 0) is 67.5 Å². The summed E-state index contributed by atoms with van der Waals surface area (Å²) in [6.45, 7) is 0. The van der Waals surface area contributed by atoms with Gasteiger partial charge in [-0.15, -0.1) is 0 Å². The summed E-state index contributed by atoms with van der Waals surface area (Å²) in [6, 6.07) is 14.3. The van der Waals surface area contributed by atoms with E-state index in [4.69, 9.17) is 15.2 Å². The number of ether oxygens (including phenoxy) is 2. The second kappa shape index (κ2) is 7.66. The van der Waals surface area contributed by atoms with Gasteiger partial charge in [0.2, 0.25) is 0 Å². The minimum atomic E-state index is -0.481. The van der Waals surface area contributed by atoms with Crippen LogP contribution in [0.4, 0.5) is 10.5 Å². The van der Waals surface area contributed by atoms with Crippen molar-refractivity contribution in [1.82, 2.24) is 5.32 Å². The van der Waals surface area contributed by atoms with Crippen molar-refractivity contribution in [2.24, 2.45) is 11.1 Å². The molecule has 0 saturated heterocycles. The molecule has 2 fully saturated rings. The lowest BCUT2D eigenvalue weighted by molar-refractivity contribution is -0.0827. The first-order valence-corrected chi connectivity index (χ1v) is 9.73. The Kier molecular flexibility index (Phi) is 5.05. The van der Waals surface area contributed by atoms with Gasteiger partial charge in [0, 0.05) is 11.7 Å². The monoisotopic (exact) mass is 395 g/mol. The summed E-state index contributed by atoms with van der Waals surface area (Å²) >= 11 is 0. The molecule has 0 heterocycles. The lowest BCUT2D eigenvalue weighted by Crippen LogP contribution is -2.59. The van der Waals surface area contributed by atoms with Crippen molar-refractivity contribution in [3.05, 3.63) is 54.1 Å². The first kappa shape index (κ1) is 19.1. The molecule has 0 bridgehead atoms. The normalized spacial score (nSPS) is 24.7. The molecule has 2 aliphatic rings. The molecule has 29 heavy (non-hydrogen) atoms. The van der Waals surface area contributed by atoms with Crippen molar-refractivity contribution in [1.29, 1.82) is 0 Å². The van der Waals surface area contributed by atoms with Gasteiger partial charge in [0.05, 0.1) is 18.8 Å². The maximum absolute atomic E-state index is 12.2. The standard InChI is InChI=1S/C22H25N3O4/c1-28-16-8-6-14(7-9-16)24-21(27)25-15-10-22(11-15)12-17(13-22)29-19-5-3-2-4-18(19)20(23)26/h2-9,15,17H,10-13H2,1H3,(H2,23,26)(H2,24,25,27). The van der Waals surface area contributed by atoms with Crippen LogP contribution in [-0.2, 0) is 0 Å². The van der Waals surface area contributed by atoms with Crippen LogP contribution in [0.3, 0.4) is 0 Å². The van der Waals surface area contributed by atoms with Crippen molar-refractivity contribution in [3.63, 3.8) is 0 Å². The number of urea groups is 1. The number of carbonyl (C=O) groups excluding carboxylic acids is 2. The summed E-state index contributed by atoms with van der Waals surface area (Å²) in [4.78, 5) is 23.7. The largest absolute Gasteiger partial charge is 0.497 e. The van der Waals surface area contributed by atoms with Gasteiger partial charge in [-0.3, -0.25) is 4.79 Å². The number of nitrogens with two attached hydrogens (primary N) is 1. The van der Waals surface area contributed by atoms with Gasteiger partial charge in [-0.2, -0.15) is 0 Å². The Bertz CT molecular complexity index is 899. The second-order valence-electron chi connectivity index (χ2n) is 7.94. The maximum Gasteiger partial charge on any atom is 0.319 e. The number of anilines is 1. The number of nitrogens with one attached hydrogen (secondary N) is 2. The van der Waals surface area contributed by atoms with Gasteiger partial charge in [0.25, 0.3) is 5.91 Å². The molecule has 0 aliphatic heterocycles. The third-order valence-corrected chi connectivity index (χ3v) is 5.81. The van der Waals surface area contributed by atoms with Gasteiger partial charge in [0.15, 0.2) is 0 Å². The highest BCUT2D eigenvalue weighted by Crippen LogP contribution is 2.56. The van der Waals surface area contributed by atoms with Gasteiger partial charge in [0.1, 0.15) is 11.5 Å². The third kappa shape index (κ3) is 4.13. The Morgan fingerprint density at radius 1 is 1.03 bits per heavy atom. The predicted octanol–water partition coefficient (Wildman–Crippen LogP) is 3.31. The number of hydrogen-bond donors (Lipinski definition) is 3. The van der Waals surface area contributed by atoms with Crippen molar-refractivity contribution >= 4 is 17.6 Å². The summed E-state index contributed by atoms with van der Waals surface area (Å²) < 4.78 is 11.1. The van der Waals surface area contributed by atoms with E-state index in [0.29, 0.717) is 11.3 Å². The molecule has 7 heteroatoms. The number of hydrogen-bond acceptors (Lipinski definition) is 4. The Balaban J connectivity index is 1.21. The molecule has 0 radical (unpaired) electrons. The van der Waals surface area contributed by atoms with Crippen LogP contribution in [0.1, 0.15) is 36.0 Å². The fourth-order valence-corrected chi connectivity index (χ4v) is 4.39. The fraction of sp³-hybridized carbons (Fsp3) is 0.364. The maximum atomic E-state index is 12.2. The lowest BCUT2D eigenvalue weighted by Gasteiger charge is -2.57. The first-order valence-electron chi connectivity index (χ1n) is 9.73. The van der Waals surface area contributed by atoms with E-state index in [1.165, 1.54) is 0 Å². The zero-order chi connectivity index (χ0) is 20.4. The minimum Gasteiger partial charge on any atom is -0.497 e. The van der Waals surface area contributed by atoms with Crippen molar-refractivity contribution in [3.8, 4) is 11.5 Å². The molecule has 152 valence electrons. The molecule has 0 unspecified atom stereocenters. The zero-order valence-electron chi connectivity index (χ0n) is 16.3. The van der Waals surface area contributed by atoms with E-state index in [1.54, 1.807) is 49.6 Å². The summed E-state index contributed by atoms with van der Waals surface area (Å²) in [6.07, 6.45) is 3.84. The van der Waals surface area contributed by atoms with Gasteiger partial charge >= 0.3 is 6.03 Å². The molecule has 4 rings (SSSR count). The Morgan fingerprint density at radius 3 is 2.38 bits per heavy atom. The molecule has 0 atom stereocenters. The molecule has 2 saturated carbocycles. The van der Waals surface area contributed by atoms with Crippen LogP contribution in [0.2, 0.25) is 0 Å². The molecule has 7 nitrogen and oxygen atoms in total. The molecule has 2 aliphatic carbocycles. The van der Waals surface area contributed by atoms with Gasteiger partial charge in [-0.1, -0.05) is 12.1 Å². The summed E-state index contributed by atoms with van der Waals surface area (Å²) in [5.41, 5.74) is 6.78. The van der Waals surface area contributed by atoms with Crippen LogP contribution in [-0.4, -0.2) is 31.2 Å². The predicted molar refractivity (Wildman–Crippen MR) is 109 cm³/mol. The molecule has 0 aromatic heterocycles. The first-order chi connectivity index (χ1) is 14.0. The van der Waals surface area contributed by atoms with Crippen LogP contribution in [0.5, 0.6) is 11.5 Å². The number of rotatable bonds is 6. The second-order valence-corrected chi connectivity index (χ2v) is 7.94. The number of carbonyl (C=O) groups is 2. The van der Waals surface area contributed by atoms with Crippen LogP contribution >= 0.6 is 0 Å². The number of amides is 3. The zero-order valence-corrected chi connectivity index (χ0v) is 16.3. The quantitative estimate of drug-likeness (QED) is 0.698. The molecule has 2 aromatic rings. The van der Waals surface area contributed by atoms with Crippen LogP contribution in [0.15, 0.2) is 48.5 Å². The molecule has 1 spiro atoms. The summed E-state index contributed by atoms with van der Waals surface area (Å²) in [5.74, 6) is 0.815. The van der Waals surface area contributed by atoms with E-state index in [1.807, 2.05) is 6.07 Å². The molecular weight excluding hydrogens is 370 g/mol. The lowest BCUT2D eigenvalue weighted by atomic mass is 9.53. The van der Waals surface area contributed by atoms with Crippen molar-refractivity contribution in [2.75, 3.05) is 12.4 Å². The Morgan fingerprint density at radius 2 is 1.72 bits per heavy atom. The summed E-state index contributed by atoms with van der Waals surface area (Å²) in [5, 5.41) is 5.86. The van der Waals surface area contributed by atoms with E-state index >= 15 is 0 Å². The molecule has 4 N–H and O–H groups in total. The molecule has 2 aromatic carbocycles. The molecular formula is C22H25N3O4. The van der Waals surface area contributed by atoms with Crippen LogP contribution < -0.4 is 25.8 Å². The third-order valence-electron chi connectivity index (χ3n) is 5.81. The minimum absolute atomic E-state index is 0.0876. The Hall–Kier alpha value is -3.22.